The highest BCUT2D eigenvalue weighted by molar-refractivity contribution is 5.79. The van der Waals surface area contributed by atoms with E-state index in [4.69, 9.17) is 0 Å². The molecular weight excluding hydrogens is 150 g/mol. The molecule has 0 unspecified atom stereocenters. The SMILES string of the molecule is CC1(C)CCC[C@H]2NC(=O)C[C@H]21. The van der Waals surface area contributed by atoms with Crippen LogP contribution in [0.2, 0.25) is 0 Å². The third-order valence-corrected chi connectivity index (χ3v) is 3.58. The molecule has 2 rings (SSSR count). The second-order valence-electron chi connectivity index (χ2n) is 4.87. The van der Waals surface area contributed by atoms with Gasteiger partial charge in [-0.15, -0.1) is 0 Å². The van der Waals surface area contributed by atoms with E-state index in [9.17, 15) is 4.79 Å². The average Bonchev–Trinajstić information content (AvgIpc) is 2.30. The normalized spacial score (nSPS) is 39.0. The molecule has 2 fully saturated rings. The van der Waals surface area contributed by atoms with Gasteiger partial charge in [-0.3, -0.25) is 4.79 Å². The fourth-order valence-electron chi connectivity index (χ4n) is 2.77. The zero-order chi connectivity index (χ0) is 8.77. The fourth-order valence-corrected chi connectivity index (χ4v) is 2.77. The molecule has 1 saturated heterocycles. The summed E-state index contributed by atoms with van der Waals surface area (Å²) >= 11 is 0. The van der Waals surface area contributed by atoms with Crippen LogP contribution in [0, 0.1) is 11.3 Å². The maximum Gasteiger partial charge on any atom is 0.220 e. The van der Waals surface area contributed by atoms with Crippen LogP contribution < -0.4 is 5.32 Å². The van der Waals surface area contributed by atoms with E-state index in [-0.39, 0.29) is 5.91 Å². The van der Waals surface area contributed by atoms with Gasteiger partial charge in [0.2, 0.25) is 5.91 Å². The summed E-state index contributed by atoms with van der Waals surface area (Å²) in [5.74, 6) is 0.860. The molecule has 2 nitrogen and oxygen atoms in total. The lowest BCUT2D eigenvalue weighted by Crippen LogP contribution is -2.39. The first-order chi connectivity index (χ1) is 5.59. The molecule has 0 radical (unpaired) electrons. The second-order valence-corrected chi connectivity index (χ2v) is 4.87. The third-order valence-electron chi connectivity index (χ3n) is 3.58. The van der Waals surface area contributed by atoms with Crippen molar-refractivity contribution >= 4 is 5.91 Å². The first-order valence-corrected chi connectivity index (χ1v) is 4.89. The summed E-state index contributed by atoms with van der Waals surface area (Å²) < 4.78 is 0. The zero-order valence-electron chi connectivity index (χ0n) is 7.89. The number of rotatable bonds is 0. The zero-order valence-corrected chi connectivity index (χ0v) is 7.89. The van der Waals surface area contributed by atoms with E-state index in [0.717, 1.165) is 6.42 Å². The molecular formula is C10H17NO. The van der Waals surface area contributed by atoms with E-state index in [1.807, 2.05) is 0 Å². The molecule has 1 heterocycles. The van der Waals surface area contributed by atoms with Crippen molar-refractivity contribution in [2.24, 2.45) is 11.3 Å². The highest BCUT2D eigenvalue weighted by atomic mass is 16.2. The Morgan fingerprint density at radius 2 is 2.25 bits per heavy atom. The van der Waals surface area contributed by atoms with E-state index in [0.29, 0.717) is 17.4 Å². The Labute approximate surface area is 73.7 Å². The first kappa shape index (κ1) is 8.09. The van der Waals surface area contributed by atoms with Crippen LogP contribution in [0.15, 0.2) is 0 Å². The summed E-state index contributed by atoms with van der Waals surface area (Å²) in [5.41, 5.74) is 0.377. The molecule has 1 aliphatic carbocycles. The van der Waals surface area contributed by atoms with Crippen LogP contribution in [0.1, 0.15) is 39.5 Å². The van der Waals surface area contributed by atoms with Gasteiger partial charge in [0.1, 0.15) is 0 Å². The molecule has 1 amide bonds. The van der Waals surface area contributed by atoms with E-state index < -0.39 is 0 Å². The fraction of sp³-hybridized carbons (Fsp3) is 0.900. The number of nitrogens with one attached hydrogen (secondary N) is 1. The van der Waals surface area contributed by atoms with Crippen molar-refractivity contribution in [3.8, 4) is 0 Å². The Hall–Kier alpha value is -0.530. The van der Waals surface area contributed by atoms with Gasteiger partial charge in [0, 0.05) is 12.5 Å². The smallest absolute Gasteiger partial charge is 0.220 e. The van der Waals surface area contributed by atoms with E-state index in [1.54, 1.807) is 0 Å². The summed E-state index contributed by atoms with van der Waals surface area (Å²) in [6.45, 7) is 4.59. The topological polar surface area (TPSA) is 29.1 Å². The third kappa shape index (κ3) is 1.13. The number of carbonyl (C=O) groups is 1. The van der Waals surface area contributed by atoms with Gasteiger partial charge in [0.05, 0.1) is 0 Å². The maximum absolute atomic E-state index is 11.2. The van der Waals surface area contributed by atoms with Gasteiger partial charge in [-0.1, -0.05) is 20.3 Å². The highest BCUT2D eigenvalue weighted by Gasteiger charge is 2.44. The lowest BCUT2D eigenvalue weighted by atomic mass is 9.67. The Morgan fingerprint density at radius 3 is 2.92 bits per heavy atom. The first-order valence-electron chi connectivity index (χ1n) is 4.89. The van der Waals surface area contributed by atoms with Gasteiger partial charge in [0.25, 0.3) is 0 Å². The molecule has 0 aromatic rings. The van der Waals surface area contributed by atoms with Crippen molar-refractivity contribution in [1.82, 2.24) is 5.32 Å². The minimum Gasteiger partial charge on any atom is -0.353 e. The summed E-state index contributed by atoms with van der Waals surface area (Å²) in [5, 5.41) is 3.07. The van der Waals surface area contributed by atoms with Gasteiger partial charge in [-0.2, -0.15) is 0 Å². The number of hydrogen-bond acceptors (Lipinski definition) is 1. The van der Waals surface area contributed by atoms with Crippen molar-refractivity contribution in [2.75, 3.05) is 0 Å². The molecule has 1 N–H and O–H groups in total. The quantitative estimate of drug-likeness (QED) is 0.584. The van der Waals surface area contributed by atoms with Crippen LogP contribution in [0.5, 0.6) is 0 Å². The number of fused-ring (bicyclic) bond motifs is 1. The monoisotopic (exact) mass is 167 g/mol. The minimum absolute atomic E-state index is 0.264. The standard InChI is InChI=1S/C10H17NO/c1-10(2)5-3-4-8-7(10)6-9(12)11-8/h7-8H,3-6H2,1-2H3,(H,11,12)/t7-,8-/m1/s1. The minimum atomic E-state index is 0.264. The summed E-state index contributed by atoms with van der Waals surface area (Å²) in [6, 6.07) is 0.487. The average molecular weight is 167 g/mol. The van der Waals surface area contributed by atoms with Crippen LogP contribution in [0.4, 0.5) is 0 Å². The summed E-state index contributed by atoms with van der Waals surface area (Å²) in [7, 11) is 0. The second kappa shape index (κ2) is 2.48. The van der Waals surface area contributed by atoms with Crippen molar-refractivity contribution < 1.29 is 4.79 Å². The highest BCUT2D eigenvalue weighted by Crippen LogP contribution is 2.44. The van der Waals surface area contributed by atoms with Crippen molar-refractivity contribution in [3.63, 3.8) is 0 Å². The van der Waals surface area contributed by atoms with Crippen LogP contribution in [0.3, 0.4) is 0 Å². The summed E-state index contributed by atoms with van der Waals surface area (Å²) in [6.07, 6.45) is 4.51. The predicted molar refractivity (Wildman–Crippen MR) is 47.7 cm³/mol. The van der Waals surface area contributed by atoms with E-state index >= 15 is 0 Å². The molecule has 2 aliphatic rings. The molecule has 0 aromatic carbocycles. The Bertz CT molecular complexity index is 210. The molecule has 0 bridgehead atoms. The lowest BCUT2D eigenvalue weighted by Gasteiger charge is -2.39. The number of carbonyl (C=O) groups excluding carboxylic acids is 1. The Kier molecular flexibility index (Phi) is 1.67. The van der Waals surface area contributed by atoms with Gasteiger partial charge < -0.3 is 5.32 Å². The van der Waals surface area contributed by atoms with Gasteiger partial charge >= 0.3 is 0 Å². The van der Waals surface area contributed by atoms with Crippen molar-refractivity contribution in [2.45, 2.75) is 45.6 Å². The lowest BCUT2D eigenvalue weighted by molar-refractivity contribution is -0.119. The number of amides is 1. The van der Waals surface area contributed by atoms with Crippen LogP contribution in [0.25, 0.3) is 0 Å². The Balaban J connectivity index is 2.18. The van der Waals surface area contributed by atoms with Crippen molar-refractivity contribution in [3.05, 3.63) is 0 Å². The molecule has 1 aliphatic heterocycles. The molecule has 0 spiro atoms. The molecule has 0 aromatic heterocycles. The molecule has 2 atom stereocenters. The summed E-state index contributed by atoms with van der Waals surface area (Å²) in [4.78, 5) is 11.2. The van der Waals surface area contributed by atoms with Crippen molar-refractivity contribution in [1.29, 1.82) is 0 Å². The van der Waals surface area contributed by atoms with E-state index in [1.165, 1.54) is 19.3 Å². The predicted octanol–water partition coefficient (Wildman–Crippen LogP) is 1.70. The van der Waals surface area contributed by atoms with Crippen LogP contribution in [-0.2, 0) is 4.79 Å². The number of hydrogen-bond donors (Lipinski definition) is 1. The van der Waals surface area contributed by atoms with Crippen LogP contribution in [-0.4, -0.2) is 11.9 Å². The van der Waals surface area contributed by atoms with Gasteiger partial charge in [-0.25, -0.2) is 0 Å². The molecule has 1 saturated carbocycles. The van der Waals surface area contributed by atoms with Crippen LogP contribution >= 0.6 is 0 Å². The Morgan fingerprint density at radius 1 is 1.50 bits per heavy atom. The maximum atomic E-state index is 11.2. The largest absolute Gasteiger partial charge is 0.353 e. The molecule has 12 heavy (non-hydrogen) atoms. The van der Waals surface area contributed by atoms with E-state index in [2.05, 4.69) is 19.2 Å². The van der Waals surface area contributed by atoms with Gasteiger partial charge in [-0.05, 0) is 24.2 Å². The molecule has 68 valence electrons. The van der Waals surface area contributed by atoms with Gasteiger partial charge in [0.15, 0.2) is 0 Å². The molecule has 2 heteroatoms.